The molecule has 0 aliphatic rings. The molecule has 0 bridgehead atoms. The summed E-state index contributed by atoms with van der Waals surface area (Å²) in [6.07, 6.45) is 1.65. The monoisotopic (exact) mass is 396 g/mol. The molecule has 0 aliphatic heterocycles. The number of nitrogens with zero attached hydrogens (tertiary/aromatic N) is 3. The van der Waals surface area contributed by atoms with Gasteiger partial charge in [-0.1, -0.05) is 36.5 Å². The SMILES string of the molecule is [Es].c1ccc(-c2c[n-]nn2)cc1. The summed E-state index contributed by atoms with van der Waals surface area (Å²) in [5.41, 5.74) is 1.88. The van der Waals surface area contributed by atoms with E-state index in [1.807, 2.05) is 30.3 Å². The van der Waals surface area contributed by atoms with Crippen LogP contribution in [0.2, 0.25) is 0 Å². The minimum Gasteiger partial charge on any atom is -0.358 e. The first-order chi connectivity index (χ1) is 5.47. The Hall–Kier alpha value is -2.64. The first-order valence-corrected chi connectivity index (χ1v) is 3.33. The minimum absolute atomic E-state index is 0. The van der Waals surface area contributed by atoms with Crippen molar-refractivity contribution in [3.05, 3.63) is 36.5 Å². The molecule has 1 radical (unpaired) electrons. The third-order valence-corrected chi connectivity index (χ3v) is 1.45. The van der Waals surface area contributed by atoms with Gasteiger partial charge >= 0.3 is 0 Å². The van der Waals surface area contributed by atoms with Crippen LogP contribution in [-0.2, 0) is 0 Å². The maximum atomic E-state index is 3.83. The van der Waals surface area contributed by atoms with Crippen LogP contribution in [0.4, 0.5) is 0 Å². The second-order valence-electron chi connectivity index (χ2n) is 2.19. The molecule has 12 heavy (non-hydrogen) atoms. The second-order valence-corrected chi connectivity index (χ2v) is 2.19. The average Bonchev–Trinajstić information content (AvgIpc) is 2.58. The van der Waals surface area contributed by atoms with Crippen LogP contribution in [0.15, 0.2) is 36.5 Å². The molecule has 1 aromatic carbocycles. The summed E-state index contributed by atoms with van der Waals surface area (Å²) < 4.78 is 0. The van der Waals surface area contributed by atoms with Crippen molar-refractivity contribution < 1.29 is 0 Å². The van der Waals surface area contributed by atoms with Gasteiger partial charge in [0.15, 0.2) is 0 Å². The van der Waals surface area contributed by atoms with Gasteiger partial charge in [-0.25, -0.2) is 0 Å². The van der Waals surface area contributed by atoms with E-state index in [9.17, 15) is 0 Å². The van der Waals surface area contributed by atoms with Crippen LogP contribution in [0.5, 0.6) is 0 Å². The second kappa shape index (κ2) is 2.96. The van der Waals surface area contributed by atoms with E-state index in [4.69, 9.17) is 0 Å². The first-order valence-electron chi connectivity index (χ1n) is 3.33. The van der Waals surface area contributed by atoms with E-state index in [0.717, 1.165) is 11.3 Å². The molecule has 0 amide bonds. The minimum atomic E-state index is 0. The molecule has 0 saturated carbocycles. The summed E-state index contributed by atoms with van der Waals surface area (Å²) in [5, 5.41) is 11.0. The maximum absolute atomic E-state index is 3.83. The fourth-order valence-corrected chi connectivity index (χ4v) is 0.922. The van der Waals surface area contributed by atoms with E-state index < -0.39 is 0 Å². The van der Waals surface area contributed by atoms with Crippen LogP contribution in [0, 0.1) is 0 Å². The molecular weight excluding hydrogens is 390 g/mol. The van der Waals surface area contributed by atoms with Gasteiger partial charge in [-0.05, 0) is 11.3 Å². The molecule has 4 heteroatoms. The topological polar surface area (TPSA) is 39.9 Å². The molecule has 2 aromatic rings. The number of aromatic nitrogens is 3. The van der Waals surface area contributed by atoms with Gasteiger partial charge in [0, 0.05) is 0 Å². The van der Waals surface area contributed by atoms with Crippen molar-refractivity contribution in [2.45, 2.75) is 0 Å². The Labute approximate surface area is 64.1 Å². The molecule has 0 saturated heterocycles. The maximum Gasteiger partial charge on any atom is 0 e. The molecule has 65 valence electrons. The zero-order valence-electron chi connectivity index (χ0n) is 6.11. The first kappa shape index (κ1) is 7.47. The molecule has 0 unspecified atom stereocenters. The van der Waals surface area contributed by atoms with Crippen LogP contribution < -0.4 is 5.10 Å². The molecule has 0 atom stereocenters. The summed E-state index contributed by atoms with van der Waals surface area (Å²) in [6, 6.07) is 9.85. The Morgan fingerprint density at radius 3 is 2.42 bits per heavy atom. The van der Waals surface area contributed by atoms with Gasteiger partial charge in [-0.15, -0.1) is 0 Å². The molecular formula is C8H6EsN3-. The van der Waals surface area contributed by atoms with E-state index in [0.29, 0.717) is 0 Å². The molecule has 0 N–H and O–H groups in total. The predicted molar refractivity (Wildman–Crippen MR) is 40.8 cm³/mol. The van der Waals surface area contributed by atoms with Crippen molar-refractivity contribution in [2.75, 3.05) is 0 Å². The van der Waals surface area contributed by atoms with Crippen molar-refractivity contribution in [1.29, 1.82) is 0 Å². The van der Waals surface area contributed by atoms with Crippen molar-refractivity contribution in [1.82, 2.24) is 15.4 Å². The third-order valence-electron chi connectivity index (χ3n) is 1.45. The largest absolute Gasteiger partial charge is 0.358 e. The smallest absolute Gasteiger partial charge is 0 e. The summed E-state index contributed by atoms with van der Waals surface area (Å²) in [6.45, 7) is 0. The van der Waals surface area contributed by atoms with E-state index in [2.05, 4.69) is 15.4 Å². The number of rotatable bonds is 1. The van der Waals surface area contributed by atoms with Gasteiger partial charge in [0.2, 0.25) is 0 Å². The Morgan fingerprint density at radius 1 is 1.08 bits per heavy atom. The van der Waals surface area contributed by atoms with E-state index in [1.165, 1.54) is 0 Å². The number of hydrogen-bond acceptors (Lipinski definition) is 2. The molecule has 2 rings (SSSR count). The molecule has 1 aromatic heterocycles. The van der Waals surface area contributed by atoms with Gasteiger partial charge in [0.1, 0.15) is 0 Å². The van der Waals surface area contributed by atoms with Gasteiger partial charge in [-0.3, -0.25) is 5.21 Å². The summed E-state index contributed by atoms with van der Waals surface area (Å²) >= 11 is 0. The van der Waals surface area contributed by atoms with Gasteiger partial charge in [0.25, 0.3) is 0 Å². The van der Waals surface area contributed by atoms with Crippen LogP contribution >= 0.6 is 0 Å². The molecule has 0 aliphatic carbocycles. The Balaban J connectivity index is 0.000000720. The van der Waals surface area contributed by atoms with Crippen LogP contribution in [0.1, 0.15) is 0 Å². The Kier molecular flexibility index (Phi) is 1.84. The normalized spacial score (nSPS) is 9.00. The van der Waals surface area contributed by atoms with Crippen molar-refractivity contribution in [3.63, 3.8) is 0 Å². The molecule has 0 spiro atoms. The standard InChI is InChI=1S/C8H6N3.Es/c1-2-4-7(5-3-1)8-6-9-11-10-8;/h1-6H;/q-1;. The zero-order chi connectivity index (χ0) is 7.52. The zero-order valence-corrected chi connectivity index (χ0v) is 8.62. The Bertz CT molecular complexity index is 317. The summed E-state index contributed by atoms with van der Waals surface area (Å²) in [4.78, 5) is 0. The van der Waals surface area contributed by atoms with Crippen molar-refractivity contribution in [3.8, 4) is 11.3 Å². The molecule has 3 nitrogen and oxygen atoms in total. The summed E-state index contributed by atoms with van der Waals surface area (Å²) in [7, 11) is 0. The van der Waals surface area contributed by atoms with Gasteiger partial charge < -0.3 is 10.2 Å². The van der Waals surface area contributed by atoms with Crippen molar-refractivity contribution >= 4 is 0 Å². The average molecular weight is 396 g/mol. The summed E-state index contributed by atoms with van der Waals surface area (Å²) in [5.74, 6) is 0. The van der Waals surface area contributed by atoms with E-state index >= 15 is 0 Å². The number of hydrogen-bond donors (Lipinski definition) is 0. The Morgan fingerprint density at radius 2 is 1.83 bits per heavy atom. The fraction of sp³-hybridized carbons (Fsp3) is 0. The van der Waals surface area contributed by atoms with Gasteiger partial charge in [0.05, 0.1) is 0 Å². The van der Waals surface area contributed by atoms with E-state index in [1.54, 1.807) is 6.20 Å². The third kappa shape index (κ3) is 1.11. The van der Waals surface area contributed by atoms with Crippen LogP contribution in [0.3, 0.4) is 0 Å². The van der Waals surface area contributed by atoms with Crippen LogP contribution in [-0.4, -0.2) is 10.3 Å². The van der Waals surface area contributed by atoms with Crippen LogP contribution in [0.25, 0.3) is 11.3 Å². The van der Waals surface area contributed by atoms with E-state index in [-0.39, 0.29) is 0 Å². The molecule has 1 heterocycles. The fourth-order valence-electron chi connectivity index (χ4n) is 0.922. The quantitative estimate of drug-likeness (QED) is 0.725. The van der Waals surface area contributed by atoms with Gasteiger partial charge in [-0.2, -0.15) is 0 Å². The predicted octanol–water partition coefficient (Wildman–Crippen LogP) is 1.10. The van der Waals surface area contributed by atoms with Crippen molar-refractivity contribution in [2.24, 2.45) is 0 Å². The molecule has 0 fully saturated rings. The number of benzene rings is 1.